The van der Waals surface area contributed by atoms with E-state index in [1.807, 2.05) is 30.3 Å². The average molecular weight is 318 g/mol. The summed E-state index contributed by atoms with van der Waals surface area (Å²) in [6.45, 7) is 7.11. The molecule has 128 valence electrons. The summed E-state index contributed by atoms with van der Waals surface area (Å²) in [6, 6.07) is 11.1. The summed E-state index contributed by atoms with van der Waals surface area (Å²) in [4.78, 5) is 11.8. The molecule has 2 N–H and O–H groups in total. The van der Waals surface area contributed by atoms with Crippen molar-refractivity contribution < 1.29 is 9.53 Å². The van der Waals surface area contributed by atoms with E-state index in [1.165, 1.54) is 12.8 Å². The van der Waals surface area contributed by atoms with Gasteiger partial charge in [-0.2, -0.15) is 0 Å². The minimum absolute atomic E-state index is 0.242. The molecule has 2 rings (SSSR count). The lowest BCUT2D eigenvalue weighted by Gasteiger charge is -2.38. The number of rotatable bonds is 8. The second-order valence-electron chi connectivity index (χ2n) is 6.89. The largest absolute Gasteiger partial charge is 0.445 e. The fourth-order valence-corrected chi connectivity index (χ4v) is 3.04. The molecule has 0 aliphatic heterocycles. The molecule has 1 saturated carbocycles. The normalized spacial score (nSPS) is 22.7. The molecule has 23 heavy (non-hydrogen) atoms. The number of hydrogen-bond donors (Lipinski definition) is 2. The van der Waals surface area contributed by atoms with E-state index in [0.717, 1.165) is 24.3 Å². The quantitative estimate of drug-likeness (QED) is 0.765. The fraction of sp³-hybridized carbons (Fsp3) is 0.632. The first-order valence-corrected chi connectivity index (χ1v) is 8.80. The lowest BCUT2D eigenvalue weighted by atomic mass is 9.86. The highest BCUT2D eigenvalue weighted by molar-refractivity contribution is 5.67. The summed E-state index contributed by atoms with van der Waals surface area (Å²) < 4.78 is 5.25. The van der Waals surface area contributed by atoms with Crippen LogP contribution in [-0.4, -0.2) is 24.2 Å². The van der Waals surface area contributed by atoms with Gasteiger partial charge in [0.05, 0.1) is 0 Å². The Morgan fingerprint density at radius 3 is 2.57 bits per heavy atom. The van der Waals surface area contributed by atoms with Crippen molar-refractivity contribution >= 4 is 6.09 Å². The zero-order valence-corrected chi connectivity index (χ0v) is 14.5. The van der Waals surface area contributed by atoms with E-state index in [4.69, 9.17) is 4.74 Å². The molecular weight excluding hydrogens is 288 g/mol. The van der Waals surface area contributed by atoms with Crippen LogP contribution < -0.4 is 10.6 Å². The van der Waals surface area contributed by atoms with E-state index in [1.54, 1.807) is 0 Å². The minimum Gasteiger partial charge on any atom is -0.445 e. The first-order valence-electron chi connectivity index (χ1n) is 8.80. The van der Waals surface area contributed by atoms with Crippen molar-refractivity contribution in [3.63, 3.8) is 0 Å². The molecule has 4 heteroatoms. The Hall–Kier alpha value is -1.55. The molecular formula is C19H30N2O2. The molecule has 4 nitrogen and oxygen atoms in total. The standard InChI is InChI=1S/C19H30N2O2/c1-4-14(2)10-15(3)20-17-11-18(12-17)21-19(22)23-13-16-8-6-5-7-9-16/h5-9,14-15,17-18,20H,4,10-13H2,1-3H3,(H,21,22). The third-order valence-corrected chi connectivity index (χ3v) is 4.65. The number of carbonyl (C=O) groups is 1. The average Bonchev–Trinajstić information content (AvgIpc) is 2.51. The minimum atomic E-state index is -0.315. The van der Waals surface area contributed by atoms with Crippen molar-refractivity contribution in [3.05, 3.63) is 35.9 Å². The third-order valence-electron chi connectivity index (χ3n) is 4.65. The summed E-state index contributed by atoms with van der Waals surface area (Å²) in [5, 5.41) is 6.59. The van der Waals surface area contributed by atoms with Crippen LogP contribution in [-0.2, 0) is 11.3 Å². The second-order valence-corrected chi connectivity index (χ2v) is 6.89. The molecule has 0 saturated heterocycles. The smallest absolute Gasteiger partial charge is 0.407 e. The van der Waals surface area contributed by atoms with Gasteiger partial charge in [0, 0.05) is 18.1 Å². The van der Waals surface area contributed by atoms with Gasteiger partial charge in [0.2, 0.25) is 0 Å². The second kappa shape index (κ2) is 8.92. The highest BCUT2D eigenvalue weighted by atomic mass is 16.5. The maximum Gasteiger partial charge on any atom is 0.407 e. The molecule has 1 fully saturated rings. The van der Waals surface area contributed by atoms with Gasteiger partial charge in [0.15, 0.2) is 0 Å². The van der Waals surface area contributed by atoms with E-state index in [2.05, 4.69) is 31.4 Å². The molecule has 1 amide bonds. The van der Waals surface area contributed by atoms with Gasteiger partial charge in [-0.05, 0) is 37.7 Å². The van der Waals surface area contributed by atoms with Gasteiger partial charge in [-0.3, -0.25) is 0 Å². The molecule has 0 aromatic heterocycles. The van der Waals surface area contributed by atoms with Crippen LogP contribution in [0.15, 0.2) is 30.3 Å². The number of alkyl carbamates (subject to hydrolysis) is 1. The molecule has 0 spiro atoms. The van der Waals surface area contributed by atoms with E-state index in [9.17, 15) is 4.79 Å². The van der Waals surface area contributed by atoms with Crippen molar-refractivity contribution in [3.8, 4) is 0 Å². The van der Waals surface area contributed by atoms with Crippen molar-refractivity contribution in [2.45, 2.75) is 71.2 Å². The summed E-state index contributed by atoms with van der Waals surface area (Å²) in [5.41, 5.74) is 1.01. The molecule has 1 aliphatic carbocycles. The predicted molar refractivity (Wildman–Crippen MR) is 93.2 cm³/mol. The molecule has 1 aliphatic rings. The molecule has 0 bridgehead atoms. The van der Waals surface area contributed by atoms with Crippen molar-refractivity contribution in [2.75, 3.05) is 0 Å². The first kappa shape index (κ1) is 17.8. The van der Waals surface area contributed by atoms with E-state index >= 15 is 0 Å². The number of hydrogen-bond acceptors (Lipinski definition) is 3. The summed E-state index contributed by atoms with van der Waals surface area (Å²) in [5.74, 6) is 0.763. The van der Waals surface area contributed by atoms with Crippen LogP contribution in [0.1, 0.15) is 52.0 Å². The van der Waals surface area contributed by atoms with Gasteiger partial charge in [-0.1, -0.05) is 50.6 Å². The maximum atomic E-state index is 11.8. The predicted octanol–water partition coefficient (Wildman–Crippen LogP) is 3.86. The molecule has 2 unspecified atom stereocenters. The monoisotopic (exact) mass is 318 g/mol. The van der Waals surface area contributed by atoms with E-state index < -0.39 is 0 Å². The van der Waals surface area contributed by atoms with Crippen LogP contribution in [0.25, 0.3) is 0 Å². The van der Waals surface area contributed by atoms with Crippen molar-refractivity contribution in [1.82, 2.24) is 10.6 Å². The van der Waals surface area contributed by atoms with Gasteiger partial charge in [-0.25, -0.2) is 4.79 Å². The zero-order chi connectivity index (χ0) is 16.7. The SMILES string of the molecule is CCC(C)CC(C)NC1CC(NC(=O)OCc2ccccc2)C1. The number of carbonyl (C=O) groups excluding carboxylic acids is 1. The van der Waals surface area contributed by atoms with Crippen LogP contribution >= 0.6 is 0 Å². The van der Waals surface area contributed by atoms with Gasteiger partial charge in [0.1, 0.15) is 6.61 Å². The Bertz CT molecular complexity index is 472. The van der Waals surface area contributed by atoms with Crippen LogP contribution in [0.5, 0.6) is 0 Å². The highest BCUT2D eigenvalue weighted by Crippen LogP contribution is 2.22. The zero-order valence-electron chi connectivity index (χ0n) is 14.5. The first-order chi connectivity index (χ1) is 11.1. The highest BCUT2D eigenvalue weighted by Gasteiger charge is 2.31. The summed E-state index contributed by atoms with van der Waals surface area (Å²) in [6.07, 6.45) is 4.11. The van der Waals surface area contributed by atoms with Gasteiger partial charge >= 0.3 is 6.09 Å². The Morgan fingerprint density at radius 1 is 1.22 bits per heavy atom. The van der Waals surface area contributed by atoms with Crippen molar-refractivity contribution in [2.24, 2.45) is 5.92 Å². The lowest BCUT2D eigenvalue weighted by Crippen LogP contribution is -2.54. The topological polar surface area (TPSA) is 50.4 Å². The summed E-state index contributed by atoms with van der Waals surface area (Å²) >= 11 is 0. The van der Waals surface area contributed by atoms with Crippen molar-refractivity contribution in [1.29, 1.82) is 0 Å². The lowest BCUT2D eigenvalue weighted by molar-refractivity contribution is 0.124. The number of amides is 1. The van der Waals surface area contributed by atoms with Gasteiger partial charge < -0.3 is 15.4 Å². The molecule has 1 aromatic carbocycles. The molecule has 0 heterocycles. The molecule has 2 atom stereocenters. The molecule has 1 aromatic rings. The van der Waals surface area contributed by atoms with Crippen LogP contribution in [0.4, 0.5) is 4.79 Å². The Labute approximate surface area is 140 Å². The van der Waals surface area contributed by atoms with Crippen LogP contribution in [0, 0.1) is 5.92 Å². The molecule has 0 radical (unpaired) electrons. The Morgan fingerprint density at radius 2 is 1.91 bits per heavy atom. The van der Waals surface area contributed by atoms with Gasteiger partial charge in [0.25, 0.3) is 0 Å². The number of benzene rings is 1. The van der Waals surface area contributed by atoms with E-state index in [-0.39, 0.29) is 12.1 Å². The van der Waals surface area contributed by atoms with Crippen LogP contribution in [0.2, 0.25) is 0 Å². The van der Waals surface area contributed by atoms with Gasteiger partial charge in [-0.15, -0.1) is 0 Å². The third kappa shape index (κ3) is 6.22. The number of nitrogens with one attached hydrogen (secondary N) is 2. The summed E-state index contributed by atoms with van der Waals surface area (Å²) in [7, 11) is 0. The Kier molecular flexibility index (Phi) is 6.90. The van der Waals surface area contributed by atoms with E-state index in [0.29, 0.717) is 18.7 Å². The maximum absolute atomic E-state index is 11.8. The number of ether oxygens (including phenoxy) is 1. The van der Waals surface area contributed by atoms with Crippen LogP contribution in [0.3, 0.4) is 0 Å². The Balaban J connectivity index is 1.57. The fourth-order valence-electron chi connectivity index (χ4n) is 3.04.